The van der Waals surface area contributed by atoms with Crippen molar-refractivity contribution in [2.75, 3.05) is 5.32 Å². The second-order valence-electron chi connectivity index (χ2n) is 9.84. The number of amides is 1. The van der Waals surface area contributed by atoms with E-state index in [2.05, 4.69) is 5.32 Å². The summed E-state index contributed by atoms with van der Waals surface area (Å²) in [7, 11) is 1.82. The lowest BCUT2D eigenvalue weighted by atomic mass is 10.1. The van der Waals surface area contributed by atoms with E-state index in [-0.39, 0.29) is 24.6 Å². The van der Waals surface area contributed by atoms with E-state index < -0.39 is 5.69 Å². The van der Waals surface area contributed by atoms with Crippen molar-refractivity contribution in [2.24, 2.45) is 7.05 Å². The van der Waals surface area contributed by atoms with Crippen molar-refractivity contribution >= 4 is 33.5 Å². The average molecular weight is 495 g/mol. The Morgan fingerprint density at radius 1 is 0.811 bits per heavy atom. The van der Waals surface area contributed by atoms with Crippen molar-refractivity contribution in [1.82, 2.24) is 13.7 Å². The summed E-state index contributed by atoms with van der Waals surface area (Å²) >= 11 is 0. The number of carbonyl (C=O) groups is 1. The standard InChI is InChI=1S/C30H30N4O3/c1-18-11-12-24-23(15-18)27-28(32(24)5)29(36)34(16-22-9-7-6-8-10-22)30(37)33(27)17-25(35)31-26-20(3)13-19(2)14-21(26)4/h6-15H,16-17H2,1-5H3,(H,31,35). The summed E-state index contributed by atoms with van der Waals surface area (Å²) < 4.78 is 4.48. The minimum atomic E-state index is -0.511. The molecule has 0 unspecified atom stereocenters. The van der Waals surface area contributed by atoms with E-state index in [1.165, 1.54) is 9.13 Å². The Hall–Kier alpha value is -4.39. The smallest absolute Gasteiger partial charge is 0.332 e. The van der Waals surface area contributed by atoms with E-state index in [1.807, 2.05) is 100.0 Å². The van der Waals surface area contributed by atoms with E-state index in [1.54, 1.807) is 0 Å². The Kier molecular flexibility index (Phi) is 6.07. The molecule has 0 aliphatic heterocycles. The van der Waals surface area contributed by atoms with Crippen LogP contribution in [0.2, 0.25) is 0 Å². The Bertz CT molecular complexity index is 1780. The van der Waals surface area contributed by atoms with Crippen LogP contribution in [0.25, 0.3) is 21.9 Å². The highest BCUT2D eigenvalue weighted by atomic mass is 16.2. The predicted molar refractivity (Wildman–Crippen MR) is 149 cm³/mol. The Morgan fingerprint density at radius 3 is 2.16 bits per heavy atom. The number of carbonyl (C=O) groups excluding carboxylic acids is 1. The molecule has 7 nitrogen and oxygen atoms in total. The molecule has 0 aliphatic carbocycles. The van der Waals surface area contributed by atoms with Crippen LogP contribution in [0.15, 0.2) is 70.3 Å². The number of fused-ring (bicyclic) bond motifs is 3. The summed E-state index contributed by atoms with van der Waals surface area (Å²) in [5.41, 5.74) is 6.42. The third-order valence-electron chi connectivity index (χ3n) is 6.93. The Morgan fingerprint density at radius 2 is 1.49 bits per heavy atom. The lowest BCUT2D eigenvalue weighted by Crippen LogP contribution is -2.42. The first-order valence-corrected chi connectivity index (χ1v) is 12.3. The normalized spacial score (nSPS) is 11.4. The largest absolute Gasteiger partial charge is 0.338 e. The molecule has 0 spiro atoms. The quantitative estimate of drug-likeness (QED) is 0.389. The number of benzene rings is 3. The first kappa shape index (κ1) is 24.3. The highest BCUT2D eigenvalue weighted by molar-refractivity contribution is 6.06. The number of nitrogens with zero attached hydrogens (tertiary/aromatic N) is 3. The van der Waals surface area contributed by atoms with Crippen molar-refractivity contribution in [1.29, 1.82) is 0 Å². The first-order chi connectivity index (χ1) is 17.7. The minimum absolute atomic E-state index is 0.118. The Balaban J connectivity index is 1.71. The molecule has 37 heavy (non-hydrogen) atoms. The number of hydrogen-bond donors (Lipinski definition) is 1. The molecule has 0 bridgehead atoms. The molecule has 0 aliphatic rings. The van der Waals surface area contributed by atoms with Crippen LogP contribution in [0.3, 0.4) is 0 Å². The molecule has 5 rings (SSSR count). The SMILES string of the molecule is Cc1cc(C)c(NC(=O)Cn2c(=O)n(Cc3ccccc3)c(=O)c3c2c2cc(C)ccc2n3C)c(C)c1. The number of aromatic nitrogens is 3. The number of rotatable bonds is 5. The van der Waals surface area contributed by atoms with Crippen LogP contribution in [-0.2, 0) is 24.9 Å². The predicted octanol–water partition coefficient (Wildman–Crippen LogP) is 4.58. The van der Waals surface area contributed by atoms with Gasteiger partial charge in [0.05, 0.1) is 17.6 Å². The van der Waals surface area contributed by atoms with Gasteiger partial charge >= 0.3 is 5.69 Å². The van der Waals surface area contributed by atoms with Crippen LogP contribution >= 0.6 is 0 Å². The van der Waals surface area contributed by atoms with Gasteiger partial charge in [0.2, 0.25) is 5.91 Å². The third-order valence-corrected chi connectivity index (χ3v) is 6.93. The van der Waals surface area contributed by atoms with Crippen LogP contribution in [0.1, 0.15) is 27.8 Å². The van der Waals surface area contributed by atoms with E-state index in [4.69, 9.17) is 0 Å². The summed E-state index contributed by atoms with van der Waals surface area (Å²) in [6, 6.07) is 19.3. The Labute approximate surface area is 214 Å². The lowest BCUT2D eigenvalue weighted by molar-refractivity contribution is -0.116. The second kappa shape index (κ2) is 9.24. The molecular weight excluding hydrogens is 464 g/mol. The fraction of sp³-hybridized carbons (Fsp3) is 0.233. The molecule has 5 aromatic rings. The number of anilines is 1. The average Bonchev–Trinajstić information content (AvgIpc) is 3.14. The zero-order valence-corrected chi connectivity index (χ0v) is 21.8. The van der Waals surface area contributed by atoms with Crippen LogP contribution in [0, 0.1) is 27.7 Å². The molecule has 2 aromatic heterocycles. The molecule has 1 amide bonds. The van der Waals surface area contributed by atoms with Crippen LogP contribution < -0.4 is 16.6 Å². The third kappa shape index (κ3) is 4.27. The molecule has 0 radical (unpaired) electrons. The van der Waals surface area contributed by atoms with Gasteiger partial charge in [-0.3, -0.25) is 18.7 Å². The summed E-state index contributed by atoms with van der Waals surface area (Å²) in [5, 5.41) is 3.78. The van der Waals surface area contributed by atoms with Gasteiger partial charge in [-0.25, -0.2) is 4.79 Å². The monoisotopic (exact) mass is 494 g/mol. The lowest BCUT2D eigenvalue weighted by Gasteiger charge is -2.16. The van der Waals surface area contributed by atoms with Gasteiger partial charge in [-0.2, -0.15) is 0 Å². The highest BCUT2D eigenvalue weighted by Gasteiger charge is 2.22. The highest BCUT2D eigenvalue weighted by Crippen LogP contribution is 2.27. The van der Waals surface area contributed by atoms with Crippen molar-refractivity contribution in [2.45, 2.75) is 40.8 Å². The van der Waals surface area contributed by atoms with E-state index in [0.717, 1.165) is 44.4 Å². The van der Waals surface area contributed by atoms with Crippen LogP contribution in [-0.4, -0.2) is 19.6 Å². The molecule has 7 heteroatoms. The van der Waals surface area contributed by atoms with Gasteiger partial charge < -0.3 is 9.88 Å². The maximum absolute atomic E-state index is 13.8. The van der Waals surface area contributed by atoms with Crippen molar-refractivity contribution in [3.8, 4) is 0 Å². The zero-order chi connectivity index (χ0) is 26.4. The number of aryl methyl sites for hydroxylation is 5. The fourth-order valence-electron chi connectivity index (χ4n) is 5.26. The zero-order valence-electron chi connectivity index (χ0n) is 21.8. The topological polar surface area (TPSA) is 78.0 Å². The number of hydrogen-bond acceptors (Lipinski definition) is 3. The summed E-state index contributed by atoms with van der Waals surface area (Å²) in [5.74, 6) is -0.326. The van der Waals surface area contributed by atoms with Gasteiger partial charge in [0.25, 0.3) is 5.56 Å². The minimum Gasteiger partial charge on any atom is -0.338 e. The van der Waals surface area contributed by atoms with Crippen molar-refractivity contribution < 1.29 is 4.79 Å². The molecular formula is C30H30N4O3. The van der Waals surface area contributed by atoms with Gasteiger partial charge in [0.15, 0.2) is 0 Å². The fourth-order valence-corrected chi connectivity index (χ4v) is 5.26. The van der Waals surface area contributed by atoms with Crippen molar-refractivity contribution in [3.63, 3.8) is 0 Å². The molecule has 0 atom stereocenters. The van der Waals surface area contributed by atoms with Crippen LogP contribution in [0.4, 0.5) is 5.69 Å². The second-order valence-corrected chi connectivity index (χ2v) is 9.84. The maximum atomic E-state index is 13.8. The molecule has 0 saturated carbocycles. The molecule has 0 saturated heterocycles. The van der Waals surface area contributed by atoms with Gasteiger partial charge in [-0.1, -0.05) is 59.7 Å². The van der Waals surface area contributed by atoms with Gasteiger partial charge in [-0.15, -0.1) is 0 Å². The molecule has 1 N–H and O–H groups in total. The van der Waals surface area contributed by atoms with Crippen LogP contribution in [0.5, 0.6) is 0 Å². The summed E-state index contributed by atoms with van der Waals surface area (Å²) in [6.07, 6.45) is 0. The van der Waals surface area contributed by atoms with Gasteiger partial charge in [0.1, 0.15) is 12.1 Å². The summed E-state index contributed by atoms with van der Waals surface area (Å²) in [4.78, 5) is 40.9. The summed E-state index contributed by atoms with van der Waals surface area (Å²) in [6.45, 7) is 7.78. The molecule has 188 valence electrons. The molecule has 3 aromatic carbocycles. The molecule has 2 heterocycles. The van der Waals surface area contributed by atoms with E-state index in [0.29, 0.717) is 11.0 Å². The maximum Gasteiger partial charge on any atom is 0.332 e. The van der Waals surface area contributed by atoms with E-state index >= 15 is 0 Å². The molecule has 0 fully saturated rings. The van der Waals surface area contributed by atoms with E-state index in [9.17, 15) is 14.4 Å². The number of nitrogens with one attached hydrogen (secondary N) is 1. The van der Waals surface area contributed by atoms with Gasteiger partial charge in [-0.05, 0) is 56.5 Å². The van der Waals surface area contributed by atoms with Gasteiger partial charge in [0, 0.05) is 18.1 Å². The van der Waals surface area contributed by atoms with Crippen molar-refractivity contribution in [3.05, 3.63) is 109 Å². The first-order valence-electron chi connectivity index (χ1n) is 12.3.